The summed E-state index contributed by atoms with van der Waals surface area (Å²) in [5, 5.41) is 9.15. The van der Waals surface area contributed by atoms with Gasteiger partial charge in [-0.3, -0.25) is 0 Å². The van der Waals surface area contributed by atoms with E-state index in [2.05, 4.69) is 221 Å². The van der Waals surface area contributed by atoms with E-state index in [0.717, 1.165) is 104 Å². The SMILES string of the molecule is O=P(c1ccccc1)(c1cccc(-c2cccc(-c3ccccc3)c2)c1)c1ccc2c(c1)c1ccccc1n2-c1cccc(-c2cccc3c2oc2ccc(-n4c5ccccc5c5ccccc54)cc23)c1. The molecule has 0 aliphatic carbocycles. The molecule has 0 radical (unpaired) electrons. The van der Waals surface area contributed by atoms with Crippen LogP contribution in [0.5, 0.6) is 0 Å². The van der Waals surface area contributed by atoms with Crippen molar-refractivity contribution < 1.29 is 8.98 Å². The van der Waals surface area contributed by atoms with Crippen molar-refractivity contribution in [1.29, 1.82) is 0 Å². The highest BCUT2D eigenvalue weighted by Crippen LogP contribution is 2.46. The highest BCUT2D eigenvalue weighted by molar-refractivity contribution is 7.85. The third kappa shape index (κ3) is 6.57. The average Bonchev–Trinajstić information content (AvgIpc) is 4.11. The molecule has 1 atom stereocenters. The zero-order chi connectivity index (χ0) is 47.0. The first-order valence-electron chi connectivity index (χ1n) is 24.1. The molecule has 4 nitrogen and oxygen atoms in total. The summed E-state index contributed by atoms with van der Waals surface area (Å²) in [6.07, 6.45) is 0. The summed E-state index contributed by atoms with van der Waals surface area (Å²) in [6, 6.07) is 91.3. The molecule has 0 saturated heterocycles. The van der Waals surface area contributed by atoms with Crippen LogP contribution in [0.3, 0.4) is 0 Å². The summed E-state index contributed by atoms with van der Waals surface area (Å²) in [5.41, 5.74) is 14.8. The Labute approximate surface area is 410 Å². The number of furan rings is 1. The highest BCUT2D eigenvalue weighted by atomic mass is 31.2. The Hall–Kier alpha value is -8.95. The second kappa shape index (κ2) is 16.3. The van der Waals surface area contributed by atoms with Crippen LogP contribution in [0.2, 0.25) is 0 Å². The monoisotopic (exact) mass is 926 g/mol. The Kier molecular flexibility index (Phi) is 9.45. The molecule has 0 aliphatic rings. The lowest BCUT2D eigenvalue weighted by Gasteiger charge is -2.21. The largest absolute Gasteiger partial charge is 0.455 e. The molecular formula is C66H43N2O2P. The molecule has 3 aromatic heterocycles. The number of hydrogen-bond acceptors (Lipinski definition) is 2. The molecule has 5 heteroatoms. The summed E-state index contributed by atoms with van der Waals surface area (Å²) in [4.78, 5) is 0. The van der Waals surface area contributed by atoms with Gasteiger partial charge in [0.25, 0.3) is 0 Å². The van der Waals surface area contributed by atoms with Gasteiger partial charge < -0.3 is 18.1 Å². The normalized spacial score (nSPS) is 12.7. The third-order valence-corrected chi connectivity index (χ3v) is 17.4. The Morgan fingerprint density at radius 2 is 0.789 bits per heavy atom. The Morgan fingerprint density at radius 1 is 0.296 bits per heavy atom. The van der Waals surface area contributed by atoms with Crippen LogP contribution in [-0.2, 0) is 4.57 Å². The average molecular weight is 927 g/mol. The number of rotatable bonds is 8. The predicted molar refractivity (Wildman–Crippen MR) is 298 cm³/mol. The number of fused-ring (bicyclic) bond motifs is 9. The number of benzene rings is 11. The fraction of sp³-hybridized carbons (Fsp3) is 0. The minimum absolute atomic E-state index is 0.793. The van der Waals surface area contributed by atoms with Gasteiger partial charge in [0, 0.05) is 65.2 Å². The molecule has 71 heavy (non-hydrogen) atoms. The van der Waals surface area contributed by atoms with Crippen LogP contribution in [0.15, 0.2) is 265 Å². The van der Waals surface area contributed by atoms with Gasteiger partial charge >= 0.3 is 0 Å². The van der Waals surface area contributed by atoms with Crippen LogP contribution in [0, 0.1) is 0 Å². The van der Waals surface area contributed by atoms with Gasteiger partial charge in [0.1, 0.15) is 11.2 Å². The van der Waals surface area contributed by atoms with Crippen LogP contribution in [0.4, 0.5) is 0 Å². The predicted octanol–water partition coefficient (Wildman–Crippen LogP) is 16.4. The first-order valence-corrected chi connectivity index (χ1v) is 25.8. The fourth-order valence-electron chi connectivity index (χ4n) is 11.1. The molecule has 0 saturated carbocycles. The molecule has 1 unspecified atom stereocenters. The van der Waals surface area contributed by atoms with E-state index in [4.69, 9.17) is 4.42 Å². The van der Waals surface area contributed by atoms with Gasteiger partial charge in [0.15, 0.2) is 7.14 Å². The molecule has 14 rings (SSSR count). The maximum Gasteiger partial charge on any atom is 0.171 e. The Morgan fingerprint density at radius 3 is 1.51 bits per heavy atom. The van der Waals surface area contributed by atoms with Crippen LogP contribution in [-0.4, -0.2) is 9.13 Å². The zero-order valence-corrected chi connectivity index (χ0v) is 39.4. The zero-order valence-electron chi connectivity index (χ0n) is 38.5. The summed E-state index contributed by atoms with van der Waals surface area (Å²) in [6.45, 7) is 0. The summed E-state index contributed by atoms with van der Waals surface area (Å²) in [5.74, 6) is 0. The molecular weight excluding hydrogens is 884 g/mol. The van der Waals surface area contributed by atoms with Crippen LogP contribution < -0.4 is 15.9 Å². The van der Waals surface area contributed by atoms with E-state index < -0.39 is 7.14 Å². The van der Waals surface area contributed by atoms with Crippen molar-refractivity contribution in [3.63, 3.8) is 0 Å². The second-order valence-corrected chi connectivity index (χ2v) is 21.1. The van der Waals surface area contributed by atoms with E-state index >= 15 is 4.57 Å². The van der Waals surface area contributed by atoms with Crippen molar-refractivity contribution in [2.24, 2.45) is 0 Å². The van der Waals surface area contributed by atoms with Crippen molar-refractivity contribution in [3.8, 4) is 44.8 Å². The standard InChI is InChI=1S/C66H43N2O2P/c69-71(51-24-5-2-6-25-51,52-26-15-21-47(41-52)46-20-13-19-45(39-46)44-17-3-1-4-18-44)53-36-37-64-59(43-53)57-29-9-12-34-63(57)67(64)49-23-14-22-48(40-49)54-30-16-31-58-60-42-50(35-38-65(60)70-66(54)58)68-61-32-10-7-27-55(61)56-28-8-11-33-62(56)68/h1-43H. The number of hydrogen-bond donors (Lipinski definition) is 0. The second-order valence-electron chi connectivity index (χ2n) is 18.4. The fourth-order valence-corrected chi connectivity index (χ4v) is 13.8. The highest BCUT2D eigenvalue weighted by Gasteiger charge is 2.31. The molecule has 0 bridgehead atoms. The molecule has 334 valence electrons. The Bertz CT molecular complexity index is 4390. The van der Waals surface area contributed by atoms with Gasteiger partial charge in [0.2, 0.25) is 0 Å². The van der Waals surface area contributed by atoms with Gasteiger partial charge in [-0.25, -0.2) is 0 Å². The van der Waals surface area contributed by atoms with Crippen molar-refractivity contribution in [3.05, 3.63) is 261 Å². The van der Waals surface area contributed by atoms with E-state index in [-0.39, 0.29) is 0 Å². The molecule has 0 amide bonds. The molecule has 3 heterocycles. The van der Waals surface area contributed by atoms with Crippen molar-refractivity contribution in [2.75, 3.05) is 0 Å². The number of nitrogens with zero attached hydrogens (tertiary/aromatic N) is 2. The van der Waals surface area contributed by atoms with Gasteiger partial charge in [-0.05, 0) is 107 Å². The van der Waals surface area contributed by atoms with Gasteiger partial charge in [-0.1, -0.05) is 182 Å². The smallest absolute Gasteiger partial charge is 0.171 e. The first kappa shape index (κ1) is 41.1. The number of para-hydroxylation sites is 4. The summed E-state index contributed by atoms with van der Waals surface area (Å²) >= 11 is 0. The van der Waals surface area contributed by atoms with Crippen LogP contribution >= 0.6 is 7.14 Å². The van der Waals surface area contributed by atoms with Gasteiger partial charge in [-0.15, -0.1) is 0 Å². The summed E-state index contributed by atoms with van der Waals surface area (Å²) in [7, 11) is -3.38. The molecule has 0 N–H and O–H groups in total. The molecule has 11 aromatic carbocycles. The molecule has 14 aromatic rings. The van der Waals surface area contributed by atoms with E-state index in [9.17, 15) is 0 Å². The third-order valence-electron chi connectivity index (χ3n) is 14.4. The molecule has 0 spiro atoms. The first-order chi connectivity index (χ1) is 35.1. The van der Waals surface area contributed by atoms with E-state index in [1.807, 2.05) is 48.5 Å². The maximum absolute atomic E-state index is 16.3. The lowest BCUT2D eigenvalue weighted by molar-refractivity contribution is 0.592. The lowest BCUT2D eigenvalue weighted by Crippen LogP contribution is -2.25. The van der Waals surface area contributed by atoms with E-state index in [1.165, 1.54) is 21.8 Å². The van der Waals surface area contributed by atoms with E-state index in [0.29, 0.717) is 0 Å². The minimum atomic E-state index is -3.38. The maximum atomic E-state index is 16.3. The van der Waals surface area contributed by atoms with Crippen molar-refractivity contribution >= 4 is 88.6 Å². The minimum Gasteiger partial charge on any atom is -0.455 e. The van der Waals surface area contributed by atoms with Gasteiger partial charge in [0.05, 0.1) is 22.1 Å². The van der Waals surface area contributed by atoms with Crippen LogP contribution in [0.25, 0.3) is 110 Å². The van der Waals surface area contributed by atoms with Gasteiger partial charge in [-0.2, -0.15) is 0 Å². The topological polar surface area (TPSA) is 40.1 Å². The molecule has 0 aliphatic heterocycles. The van der Waals surface area contributed by atoms with Crippen molar-refractivity contribution in [2.45, 2.75) is 0 Å². The Balaban J connectivity index is 0.880. The quantitative estimate of drug-likeness (QED) is 0.142. The molecule has 0 fully saturated rings. The lowest BCUT2D eigenvalue weighted by atomic mass is 9.99. The number of aromatic nitrogens is 2. The van der Waals surface area contributed by atoms with Crippen LogP contribution in [0.1, 0.15) is 0 Å². The summed E-state index contributed by atoms with van der Waals surface area (Å²) < 4.78 is 27.8. The van der Waals surface area contributed by atoms with Crippen molar-refractivity contribution in [1.82, 2.24) is 9.13 Å². The van der Waals surface area contributed by atoms with E-state index in [1.54, 1.807) is 0 Å².